The molecule has 1 atom stereocenters. The van der Waals surface area contributed by atoms with Gasteiger partial charge >= 0.3 is 0 Å². The van der Waals surface area contributed by atoms with Crippen molar-refractivity contribution in [2.24, 2.45) is 0 Å². The summed E-state index contributed by atoms with van der Waals surface area (Å²) in [4.78, 5) is 3.26. The minimum absolute atomic E-state index is 0.0499. The zero-order valence-electron chi connectivity index (χ0n) is 14.8. The highest BCUT2D eigenvalue weighted by atomic mass is 32.2. The molecule has 8 heteroatoms. The lowest BCUT2D eigenvalue weighted by molar-refractivity contribution is -0.931. The highest BCUT2D eigenvalue weighted by molar-refractivity contribution is 7.89. The van der Waals surface area contributed by atoms with E-state index in [2.05, 4.69) is 4.72 Å². The van der Waals surface area contributed by atoms with Gasteiger partial charge in [0.2, 0.25) is 10.0 Å². The van der Waals surface area contributed by atoms with E-state index in [-0.39, 0.29) is 17.6 Å². The van der Waals surface area contributed by atoms with Crippen LogP contribution in [0.2, 0.25) is 0 Å². The Hall–Kier alpha value is -1.90. The van der Waals surface area contributed by atoms with E-state index in [1.165, 1.54) is 11.0 Å². The van der Waals surface area contributed by atoms with Crippen LogP contribution in [0.5, 0.6) is 0 Å². The number of anilines is 1. The Morgan fingerprint density at radius 3 is 2.58 bits per heavy atom. The first-order valence-electron chi connectivity index (χ1n) is 8.85. The molecule has 0 spiro atoms. The largest absolute Gasteiger partial charge is 0.463 e. The Morgan fingerprint density at radius 1 is 1.23 bits per heavy atom. The van der Waals surface area contributed by atoms with Crippen LogP contribution < -0.4 is 14.5 Å². The smallest absolute Gasteiger partial charge is 0.211 e. The molecule has 3 rings (SSSR count). The van der Waals surface area contributed by atoms with E-state index in [0.717, 1.165) is 18.8 Å². The standard InChI is InChI=1S/C18H24FN3O3S/c1-2-26(23,24)20-14-17(18-8-5-13-25-18)22-11-9-21(10-12-22)16-7-4-3-6-15(16)19/h3-8,13,17,20H,2,9-12,14H2,1H3/p+1/t17-/m0/s1. The van der Waals surface area contributed by atoms with Crippen LogP contribution in [-0.4, -0.2) is 46.9 Å². The molecule has 2 heterocycles. The summed E-state index contributed by atoms with van der Waals surface area (Å²) in [5, 5.41) is 0. The molecule has 0 radical (unpaired) electrons. The minimum Gasteiger partial charge on any atom is -0.463 e. The summed E-state index contributed by atoms with van der Waals surface area (Å²) in [5.74, 6) is 0.598. The molecule has 1 aliphatic heterocycles. The molecular weight excluding hydrogens is 357 g/mol. The molecule has 1 fully saturated rings. The number of nitrogens with zero attached hydrogens (tertiary/aromatic N) is 1. The van der Waals surface area contributed by atoms with Gasteiger partial charge in [0.15, 0.2) is 11.8 Å². The summed E-state index contributed by atoms with van der Waals surface area (Å²) >= 11 is 0. The Balaban J connectivity index is 1.68. The van der Waals surface area contributed by atoms with Crippen LogP contribution >= 0.6 is 0 Å². The van der Waals surface area contributed by atoms with Crippen LogP contribution in [0.4, 0.5) is 10.1 Å². The highest BCUT2D eigenvalue weighted by Crippen LogP contribution is 2.19. The number of quaternary nitrogens is 1. The predicted molar refractivity (Wildman–Crippen MR) is 98.2 cm³/mol. The van der Waals surface area contributed by atoms with Crippen molar-refractivity contribution in [2.75, 3.05) is 43.4 Å². The van der Waals surface area contributed by atoms with Crippen LogP contribution in [0.15, 0.2) is 47.1 Å². The van der Waals surface area contributed by atoms with Gasteiger partial charge in [-0.2, -0.15) is 0 Å². The molecule has 0 amide bonds. The number of nitrogens with one attached hydrogen (secondary N) is 2. The number of halogens is 1. The van der Waals surface area contributed by atoms with Crippen LogP contribution in [-0.2, 0) is 10.0 Å². The summed E-state index contributed by atoms with van der Waals surface area (Å²) < 4.78 is 45.9. The van der Waals surface area contributed by atoms with Crippen molar-refractivity contribution in [3.05, 3.63) is 54.2 Å². The third kappa shape index (κ3) is 4.44. The molecule has 1 aromatic heterocycles. The molecular formula is C18H25FN3O3S+. The summed E-state index contributed by atoms with van der Waals surface area (Å²) in [6, 6.07) is 10.4. The van der Waals surface area contributed by atoms with E-state index < -0.39 is 10.0 Å². The molecule has 142 valence electrons. The summed E-state index contributed by atoms with van der Waals surface area (Å²) in [5.41, 5.74) is 0.618. The highest BCUT2D eigenvalue weighted by Gasteiger charge is 2.31. The van der Waals surface area contributed by atoms with Gasteiger partial charge in [0.1, 0.15) is 5.82 Å². The predicted octanol–water partition coefficient (Wildman–Crippen LogP) is 0.804. The zero-order valence-corrected chi connectivity index (χ0v) is 15.6. The lowest BCUT2D eigenvalue weighted by Gasteiger charge is -2.37. The number of rotatable bonds is 7. The number of furan rings is 1. The second-order valence-electron chi connectivity index (χ2n) is 6.42. The van der Waals surface area contributed by atoms with Gasteiger partial charge in [-0.3, -0.25) is 0 Å². The molecule has 0 saturated carbocycles. The maximum atomic E-state index is 14.0. The third-order valence-electron chi connectivity index (χ3n) is 4.87. The van der Waals surface area contributed by atoms with Crippen molar-refractivity contribution in [1.82, 2.24) is 4.72 Å². The van der Waals surface area contributed by atoms with Gasteiger partial charge < -0.3 is 14.2 Å². The fourth-order valence-electron chi connectivity index (χ4n) is 3.34. The first-order valence-corrected chi connectivity index (χ1v) is 10.5. The normalized spacial score (nSPS) is 17.4. The number of hydrogen-bond acceptors (Lipinski definition) is 4. The van der Waals surface area contributed by atoms with Crippen molar-refractivity contribution in [3.63, 3.8) is 0 Å². The Morgan fingerprint density at radius 2 is 1.96 bits per heavy atom. The second-order valence-corrected chi connectivity index (χ2v) is 8.51. The van der Waals surface area contributed by atoms with Crippen molar-refractivity contribution in [2.45, 2.75) is 13.0 Å². The molecule has 0 bridgehead atoms. The van der Waals surface area contributed by atoms with E-state index in [4.69, 9.17) is 4.42 Å². The molecule has 1 saturated heterocycles. The van der Waals surface area contributed by atoms with Gasteiger partial charge in [0.25, 0.3) is 0 Å². The molecule has 2 N–H and O–H groups in total. The molecule has 1 aliphatic rings. The quantitative estimate of drug-likeness (QED) is 0.744. The molecule has 0 unspecified atom stereocenters. The lowest BCUT2D eigenvalue weighted by atomic mass is 10.1. The Labute approximate surface area is 153 Å². The van der Waals surface area contributed by atoms with E-state index in [1.54, 1.807) is 25.3 Å². The number of para-hydroxylation sites is 1. The van der Waals surface area contributed by atoms with E-state index in [1.807, 2.05) is 23.1 Å². The van der Waals surface area contributed by atoms with Crippen molar-refractivity contribution < 1.29 is 22.1 Å². The first kappa shape index (κ1) is 18.9. The van der Waals surface area contributed by atoms with Gasteiger partial charge in [-0.25, -0.2) is 17.5 Å². The van der Waals surface area contributed by atoms with Crippen LogP contribution in [0.3, 0.4) is 0 Å². The Kier molecular flexibility index (Phi) is 5.95. The van der Waals surface area contributed by atoms with Gasteiger partial charge in [-0.1, -0.05) is 12.1 Å². The fourth-order valence-corrected chi connectivity index (χ4v) is 3.96. The topological polar surface area (TPSA) is 67.0 Å². The number of benzene rings is 1. The minimum atomic E-state index is -3.27. The molecule has 6 nitrogen and oxygen atoms in total. The van der Waals surface area contributed by atoms with Crippen molar-refractivity contribution >= 4 is 15.7 Å². The summed E-state index contributed by atoms with van der Waals surface area (Å²) in [6.07, 6.45) is 1.60. The average Bonchev–Trinajstić information content (AvgIpc) is 3.17. The molecule has 26 heavy (non-hydrogen) atoms. The van der Waals surface area contributed by atoms with Gasteiger partial charge in [-0.15, -0.1) is 0 Å². The molecule has 1 aromatic carbocycles. The maximum Gasteiger partial charge on any atom is 0.211 e. The summed E-state index contributed by atoms with van der Waals surface area (Å²) in [7, 11) is -3.27. The van der Waals surface area contributed by atoms with Gasteiger partial charge in [-0.05, 0) is 31.2 Å². The van der Waals surface area contributed by atoms with E-state index in [0.29, 0.717) is 25.3 Å². The average molecular weight is 382 g/mol. The zero-order chi connectivity index (χ0) is 18.6. The lowest BCUT2D eigenvalue weighted by Crippen LogP contribution is -3.15. The molecule has 0 aliphatic carbocycles. The first-order chi connectivity index (χ1) is 12.5. The van der Waals surface area contributed by atoms with Crippen molar-refractivity contribution in [1.29, 1.82) is 0 Å². The van der Waals surface area contributed by atoms with Crippen LogP contribution in [0, 0.1) is 5.82 Å². The third-order valence-corrected chi connectivity index (χ3v) is 6.23. The van der Waals surface area contributed by atoms with E-state index >= 15 is 0 Å². The van der Waals surface area contributed by atoms with Crippen LogP contribution in [0.1, 0.15) is 18.7 Å². The SMILES string of the molecule is CCS(=O)(=O)NC[C@@H](c1ccco1)[NH+]1CCN(c2ccccc2F)CC1. The number of sulfonamides is 1. The van der Waals surface area contributed by atoms with Crippen molar-refractivity contribution in [3.8, 4) is 0 Å². The van der Waals surface area contributed by atoms with Crippen LogP contribution in [0.25, 0.3) is 0 Å². The van der Waals surface area contributed by atoms with Gasteiger partial charge in [0.05, 0.1) is 50.4 Å². The number of hydrogen-bond donors (Lipinski definition) is 2. The maximum absolute atomic E-state index is 14.0. The monoisotopic (exact) mass is 382 g/mol. The van der Waals surface area contributed by atoms with Gasteiger partial charge in [0, 0.05) is 0 Å². The second kappa shape index (κ2) is 8.20. The fraction of sp³-hybridized carbons (Fsp3) is 0.444. The Bertz CT molecular complexity index is 803. The molecule has 2 aromatic rings. The van der Waals surface area contributed by atoms with E-state index in [9.17, 15) is 12.8 Å². The number of piperazine rings is 1. The summed E-state index contributed by atoms with van der Waals surface area (Å²) in [6.45, 7) is 4.85.